The van der Waals surface area contributed by atoms with Gasteiger partial charge >= 0.3 is 0 Å². The van der Waals surface area contributed by atoms with Gasteiger partial charge in [0.15, 0.2) is 0 Å². The molecule has 0 spiro atoms. The maximum absolute atomic E-state index is 12.4. The van der Waals surface area contributed by atoms with E-state index in [1.54, 1.807) is 6.07 Å². The molecule has 0 atom stereocenters. The van der Waals surface area contributed by atoms with Crippen molar-refractivity contribution in [3.8, 4) is 0 Å². The first-order valence-corrected chi connectivity index (χ1v) is 8.65. The summed E-state index contributed by atoms with van der Waals surface area (Å²) in [6.45, 7) is 8.11. The monoisotopic (exact) mass is 330 g/mol. The molecule has 0 aliphatic heterocycles. The van der Waals surface area contributed by atoms with E-state index in [0.717, 1.165) is 17.2 Å². The Morgan fingerprint density at radius 1 is 1.33 bits per heavy atom. The molecule has 2 aromatic heterocycles. The molecule has 24 heavy (non-hydrogen) atoms. The summed E-state index contributed by atoms with van der Waals surface area (Å²) in [7, 11) is 0. The highest BCUT2D eigenvalue weighted by atomic mass is 16.5. The molecule has 2 aromatic rings. The zero-order valence-corrected chi connectivity index (χ0v) is 14.9. The molecule has 0 saturated heterocycles. The van der Waals surface area contributed by atoms with Gasteiger partial charge in [0.2, 0.25) is 5.91 Å². The molecule has 1 fully saturated rings. The Bertz CT molecular complexity index is 718. The van der Waals surface area contributed by atoms with Crippen molar-refractivity contribution in [2.75, 3.05) is 5.32 Å². The zero-order valence-electron chi connectivity index (χ0n) is 14.9. The van der Waals surface area contributed by atoms with E-state index < -0.39 is 0 Å². The predicted molar refractivity (Wildman–Crippen MR) is 92.0 cm³/mol. The van der Waals surface area contributed by atoms with Gasteiger partial charge in [-0.1, -0.05) is 18.0 Å². The fourth-order valence-electron chi connectivity index (χ4n) is 3.27. The van der Waals surface area contributed by atoms with Crippen molar-refractivity contribution >= 4 is 11.7 Å². The normalized spacial score (nSPS) is 15.8. The number of carbonyl (C=O) groups excluding carboxylic acids is 1. The highest BCUT2D eigenvalue weighted by molar-refractivity contribution is 5.91. The predicted octanol–water partition coefficient (Wildman–Crippen LogP) is 3.77. The molecule has 1 aliphatic carbocycles. The van der Waals surface area contributed by atoms with Gasteiger partial charge in [0.05, 0.1) is 23.3 Å². The second kappa shape index (κ2) is 6.42. The van der Waals surface area contributed by atoms with Crippen molar-refractivity contribution in [3.63, 3.8) is 0 Å². The first-order valence-electron chi connectivity index (χ1n) is 8.65. The number of carbonyl (C=O) groups is 1. The van der Waals surface area contributed by atoms with Crippen LogP contribution in [0.1, 0.15) is 69.5 Å². The molecule has 0 unspecified atom stereocenters. The number of amides is 1. The first-order chi connectivity index (χ1) is 11.3. The van der Waals surface area contributed by atoms with Crippen LogP contribution in [-0.2, 0) is 16.8 Å². The van der Waals surface area contributed by atoms with Crippen molar-refractivity contribution in [3.05, 3.63) is 29.3 Å². The topological polar surface area (TPSA) is 73.0 Å². The zero-order chi connectivity index (χ0) is 17.3. The van der Waals surface area contributed by atoms with Crippen molar-refractivity contribution in [1.29, 1.82) is 0 Å². The van der Waals surface area contributed by atoms with Crippen LogP contribution >= 0.6 is 0 Å². The third kappa shape index (κ3) is 3.68. The molecule has 1 aliphatic rings. The van der Waals surface area contributed by atoms with Crippen LogP contribution in [0.5, 0.6) is 0 Å². The highest BCUT2D eigenvalue weighted by Gasteiger charge is 2.26. The summed E-state index contributed by atoms with van der Waals surface area (Å²) in [5, 5.41) is 11.6. The van der Waals surface area contributed by atoms with Crippen LogP contribution in [0, 0.1) is 6.92 Å². The van der Waals surface area contributed by atoms with Gasteiger partial charge in [0.1, 0.15) is 11.6 Å². The summed E-state index contributed by atoms with van der Waals surface area (Å²) >= 11 is 0. The standard InChI is InChI=1S/C18H26N4O2/c1-12-9-14(24-21-12)10-17(23)19-16-11-15(13-7-5-6-8-13)20-22(16)18(2,3)4/h9,11,13H,5-8,10H2,1-4H3,(H,19,23). The summed E-state index contributed by atoms with van der Waals surface area (Å²) < 4.78 is 7.04. The van der Waals surface area contributed by atoms with E-state index in [0.29, 0.717) is 11.7 Å². The lowest BCUT2D eigenvalue weighted by Crippen LogP contribution is -2.27. The van der Waals surface area contributed by atoms with E-state index in [4.69, 9.17) is 9.62 Å². The maximum Gasteiger partial charge on any atom is 0.233 e. The molecular formula is C18H26N4O2. The van der Waals surface area contributed by atoms with Crippen molar-refractivity contribution in [2.45, 2.75) is 71.3 Å². The van der Waals surface area contributed by atoms with Crippen molar-refractivity contribution < 1.29 is 9.32 Å². The number of aromatic nitrogens is 3. The molecule has 130 valence electrons. The van der Waals surface area contributed by atoms with Crippen LogP contribution in [0.4, 0.5) is 5.82 Å². The second-order valence-electron chi connectivity index (χ2n) is 7.68. The quantitative estimate of drug-likeness (QED) is 0.926. The van der Waals surface area contributed by atoms with Crippen LogP contribution in [0.3, 0.4) is 0 Å². The Hall–Kier alpha value is -2.11. The Labute approximate surface area is 142 Å². The van der Waals surface area contributed by atoms with Crippen molar-refractivity contribution in [1.82, 2.24) is 14.9 Å². The van der Waals surface area contributed by atoms with Crippen LogP contribution in [0.15, 0.2) is 16.7 Å². The lowest BCUT2D eigenvalue weighted by atomic mass is 10.0. The minimum atomic E-state index is -0.192. The molecular weight excluding hydrogens is 304 g/mol. The number of hydrogen-bond donors (Lipinski definition) is 1. The third-order valence-electron chi connectivity index (χ3n) is 4.42. The number of anilines is 1. The fourth-order valence-corrected chi connectivity index (χ4v) is 3.27. The van der Waals surface area contributed by atoms with Crippen LogP contribution < -0.4 is 5.32 Å². The van der Waals surface area contributed by atoms with Gasteiger partial charge in [-0.15, -0.1) is 0 Å². The molecule has 0 bridgehead atoms. The number of nitrogens with zero attached hydrogens (tertiary/aromatic N) is 3. The number of aryl methyl sites for hydroxylation is 1. The van der Waals surface area contributed by atoms with E-state index in [1.807, 2.05) is 17.7 Å². The average molecular weight is 330 g/mol. The molecule has 3 rings (SSSR count). The average Bonchev–Trinajstić information content (AvgIpc) is 3.18. The molecule has 1 amide bonds. The Kier molecular flexibility index (Phi) is 4.47. The van der Waals surface area contributed by atoms with E-state index in [-0.39, 0.29) is 17.9 Å². The minimum absolute atomic E-state index is 0.116. The SMILES string of the molecule is Cc1cc(CC(=O)Nc2cc(C3CCCC3)nn2C(C)(C)C)on1. The number of rotatable bonds is 4. The Morgan fingerprint density at radius 2 is 2.04 bits per heavy atom. The minimum Gasteiger partial charge on any atom is -0.361 e. The van der Waals surface area contributed by atoms with E-state index >= 15 is 0 Å². The second-order valence-corrected chi connectivity index (χ2v) is 7.68. The molecule has 6 heteroatoms. The smallest absolute Gasteiger partial charge is 0.233 e. The molecule has 0 radical (unpaired) electrons. The largest absolute Gasteiger partial charge is 0.361 e. The number of hydrogen-bond acceptors (Lipinski definition) is 4. The summed E-state index contributed by atoms with van der Waals surface area (Å²) in [5.41, 5.74) is 1.68. The lowest BCUT2D eigenvalue weighted by Gasteiger charge is -2.22. The lowest BCUT2D eigenvalue weighted by molar-refractivity contribution is -0.115. The highest BCUT2D eigenvalue weighted by Crippen LogP contribution is 2.35. The summed E-state index contributed by atoms with van der Waals surface area (Å²) in [6, 6.07) is 3.81. The van der Waals surface area contributed by atoms with Gasteiger partial charge in [-0.05, 0) is 40.5 Å². The molecule has 1 N–H and O–H groups in total. The Morgan fingerprint density at radius 3 is 2.62 bits per heavy atom. The Balaban J connectivity index is 1.78. The summed E-state index contributed by atoms with van der Waals surface area (Å²) in [6.07, 6.45) is 5.08. The maximum atomic E-state index is 12.4. The van der Waals surface area contributed by atoms with E-state index in [2.05, 4.69) is 31.2 Å². The van der Waals surface area contributed by atoms with Gasteiger partial charge in [-0.25, -0.2) is 4.68 Å². The van der Waals surface area contributed by atoms with Gasteiger partial charge in [0.25, 0.3) is 0 Å². The third-order valence-corrected chi connectivity index (χ3v) is 4.42. The molecule has 2 heterocycles. The van der Waals surface area contributed by atoms with Gasteiger partial charge in [0, 0.05) is 18.1 Å². The first kappa shape index (κ1) is 16.7. The summed E-state index contributed by atoms with van der Waals surface area (Å²) in [5.74, 6) is 1.73. The molecule has 1 saturated carbocycles. The van der Waals surface area contributed by atoms with Crippen molar-refractivity contribution in [2.24, 2.45) is 0 Å². The van der Waals surface area contributed by atoms with E-state index in [9.17, 15) is 4.79 Å². The van der Waals surface area contributed by atoms with Gasteiger partial charge in [-0.3, -0.25) is 4.79 Å². The molecule has 6 nitrogen and oxygen atoms in total. The fraction of sp³-hybridized carbons (Fsp3) is 0.611. The van der Waals surface area contributed by atoms with Crippen LogP contribution in [0.25, 0.3) is 0 Å². The van der Waals surface area contributed by atoms with E-state index in [1.165, 1.54) is 25.7 Å². The number of nitrogens with one attached hydrogen (secondary N) is 1. The summed E-state index contributed by atoms with van der Waals surface area (Å²) in [4.78, 5) is 12.4. The molecule has 0 aromatic carbocycles. The van der Waals surface area contributed by atoms with Crippen LogP contribution in [0.2, 0.25) is 0 Å². The van der Waals surface area contributed by atoms with Gasteiger partial charge < -0.3 is 9.84 Å². The van der Waals surface area contributed by atoms with Crippen LogP contribution in [-0.4, -0.2) is 20.8 Å². The van der Waals surface area contributed by atoms with Gasteiger partial charge in [-0.2, -0.15) is 5.10 Å².